The van der Waals surface area contributed by atoms with Crippen LogP contribution in [0.2, 0.25) is 0 Å². The Kier molecular flexibility index (Phi) is 19.5. The van der Waals surface area contributed by atoms with Crippen molar-refractivity contribution in [2.45, 2.75) is 48.0 Å². The van der Waals surface area contributed by atoms with Gasteiger partial charge >= 0.3 is 0 Å². The number of fused-ring (bicyclic) bond motifs is 1. The third-order valence-electron chi connectivity index (χ3n) is 2.02. The molecule has 0 aliphatic carbocycles. The Morgan fingerprint density at radius 1 is 1.30 bits per heavy atom. The van der Waals surface area contributed by atoms with Gasteiger partial charge in [-0.15, -0.1) is 0 Å². The third kappa shape index (κ3) is 7.62. The molecule has 2 rings (SSSR count). The number of nitrogens with one attached hydrogen (secondary N) is 1. The molecule has 5 heteroatoms. The number of hydrogen-bond acceptors (Lipinski definition) is 2. The summed E-state index contributed by atoms with van der Waals surface area (Å²) in [5.41, 5.74) is 1.81. The zero-order valence-electron chi connectivity index (χ0n) is 13.4. The van der Waals surface area contributed by atoms with Crippen LogP contribution in [0.25, 0.3) is 5.52 Å². The van der Waals surface area contributed by atoms with Crippen molar-refractivity contribution in [2.75, 3.05) is 0 Å². The fourth-order valence-electron chi connectivity index (χ4n) is 1.38. The van der Waals surface area contributed by atoms with Crippen LogP contribution in [0.1, 0.15) is 47.2 Å². The summed E-state index contributed by atoms with van der Waals surface area (Å²) in [7, 11) is 0. The number of nitriles is 1. The Hall–Kier alpha value is -0.916. The van der Waals surface area contributed by atoms with Crippen molar-refractivity contribution in [3.63, 3.8) is 0 Å². The summed E-state index contributed by atoms with van der Waals surface area (Å²) in [5.74, 6) is 0. The number of hydrogen-bond donors (Lipinski definition) is 1. The van der Waals surface area contributed by atoms with E-state index in [2.05, 4.69) is 11.9 Å². The molecule has 0 amide bonds. The Morgan fingerprint density at radius 3 is 2.25 bits per heavy atom. The topological polar surface area (TPSA) is 61.1 Å². The zero-order valence-corrected chi connectivity index (χ0v) is 16.2. The smallest absolute Gasteiger partial charge is 0.272 e. The maximum absolute atomic E-state index is 11.2. The standard InChI is InChI=1S/C9H10N2O.C2H3N.2C2H6.Y/c1-2-7-6-10-9(12)8-4-3-5-11(7)8;1-2-3;2*1-2;/h3-6H,2H2,1H3,(H,10,12);1H3;2*1-2H3;. The first-order valence-electron chi connectivity index (χ1n) is 6.73. The number of nitrogens with zero attached hydrogens (tertiary/aromatic N) is 2. The first-order valence-corrected chi connectivity index (χ1v) is 6.73. The van der Waals surface area contributed by atoms with Crippen LogP contribution < -0.4 is 5.56 Å². The monoisotopic (exact) mass is 352 g/mol. The molecule has 0 atom stereocenters. The van der Waals surface area contributed by atoms with Gasteiger partial charge in [0.15, 0.2) is 0 Å². The van der Waals surface area contributed by atoms with Crippen LogP contribution >= 0.6 is 0 Å². The fourth-order valence-corrected chi connectivity index (χ4v) is 1.38. The Labute approximate surface area is 147 Å². The molecule has 4 nitrogen and oxygen atoms in total. The second kappa shape index (κ2) is 16.1. The van der Waals surface area contributed by atoms with Crippen molar-refractivity contribution in [1.82, 2.24) is 9.38 Å². The van der Waals surface area contributed by atoms with Crippen LogP contribution in [0.4, 0.5) is 0 Å². The molecule has 2 aromatic rings. The molecule has 0 aliphatic heterocycles. The van der Waals surface area contributed by atoms with Gasteiger partial charge in [-0.1, -0.05) is 34.6 Å². The number of H-pyrrole nitrogens is 1. The van der Waals surface area contributed by atoms with Crippen molar-refractivity contribution < 1.29 is 32.7 Å². The summed E-state index contributed by atoms with van der Waals surface area (Å²) < 4.78 is 1.92. The molecule has 0 saturated heterocycles. The average Bonchev–Trinajstić information content (AvgIpc) is 2.95. The van der Waals surface area contributed by atoms with Gasteiger partial charge in [0.1, 0.15) is 5.52 Å². The molecule has 1 radical (unpaired) electrons. The molecular weight excluding hydrogens is 327 g/mol. The summed E-state index contributed by atoms with van der Waals surface area (Å²) in [5, 5.41) is 7.32. The Balaban J connectivity index is -0.000000315. The number of aryl methyl sites for hydroxylation is 1. The van der Waals surface area contributed by atoms with E-state index in [-0.39, 0.29) is 38.3 Å². The Morgan fingerprint density at radius 2 is 1.80 bits per heavy atom. The molecule has 0 saturated carbocycles. The number of aromatic amines is 1. The van der Waals surface area contributed by atoms with Gasteiger partial charge in [-0.2, -0.15) is 5.26 Å². The minimum absolute atomic E-state index is 0. The van der Waals surface area contributed by atoms with Crippen LogP contribution in [0, 0.1) is 11.3 Å². The van der Waals surface area contributed by atoms with Crippen molar-refractivity contribution in [3.8, 4) is 6.07 Å². The summed E-state index contributed by atoms with van der Waals surface area (Å²) in [6.45, 7) is 11.5. The van der Waals surface area contributed by atoms with E-state index in [1.54, 1.807) is 12.3 Å². The fraction of sp³-hybridized carbons (Fsp3) is 0.467. The molecule has 2 aromatic heterocycles. The number of aromatic nitrogens is 2. The van der Waals surface area contributed by atoms with Gasteiger partial charge in [0, 0.05) is 57.7 Å². The van der Waals surface area contributed by atoms with E-state index in [1.807, 2.05) is 50.4 Å². The van der Waals surface area contributed by atoms with Crippen LogP contribution in [0.15, 0.2) is 29.3 Å². The zero-order chi connectivity index (χ0) is 15.3. The van der Waals surface area contributed by atoms with E-state index in [0.717, 1.165) is 12.1 Å². The van der Waals surface area contributed by atoms with Crippen LogP contribution in [-0.4, -0.2) is 9.38 Å². The molecule has 20 heavy (non-hydrogen) atoms. The maximum Gasteiger partial charge on any atom is 0.272 e. The summed E-state index contributed by atoms with van der Waals surface area (Å²) in [4.78, 5) is 13.9. The van der Waals surface area contributed by atoms with Gasteiger partial charge in [-0.25, -0.2) is 0 Å². The minimum atomic E-state index is -0.0304. The SMILES string of the molecule is CC.CC.CC#N.CCc1c[nH]c(=O)c2cccn12.[Y]. The number of rotatable bonds is 1. The average molecular weight is 352 g/mol. The van der Waals surface area contributed by atoms with E-state index in [9.17, 15) is 4.79 Å². The first kappa shape index (κ1) is 24.1. The molecule has 0 spiro atoms. The van der Waals surface area contributed by atoms with Crippen LogP contribution in [-0.2, 0) is 39.1 Å². The summed E-state index contributed by atoms with van der Waals surface area (Å²) in [6, 6.07) is 5.45. The van der Waals surface area contributed by atoms with Gasteiger partial charge in [0.05, 0.1) is 6.07 Å². The summed E-state index contributed by atoms with van der Waals surface area (Å²) in [6.07, 6.45) is 4.58. The van der Waals surface area contributed by atoms with Crippen LogP contribution in [0.3, 0.4) is 0 Å². The van der Waals surface area contributed by atoms with E-state index in [0.29, 0.717) is 5.52 Å². The molecule has 2 heterocycles. The van der Waals surface area contributed by atoms with Crippen molar-refractivity contribution in [3.05, 3.63) is 40.6 Å². The van der Waals surface area contributed by atoms with Gasteiger partial charge in [-0.05, 0) is 18.6 Å². The molecular formula is C15H25N3OY. The minimum Gasteiger partial charge on any atom is -0.326 e. The van der Waals surface area contributed by atoms with Gasteiger partial charge in [-0.3, -0.25) is 4.79 Å². The predicted octanol–water partition coefficient (Wildman–Crippen LogP) is 3.77. The van der Waals surface area contributed by atoms with E-state index < -0.39 is 0 Å². The molecule has 0 aromatic carbocycles. The Bertz CT molecular complexity index is 538. The molecule has 0 unspecified atom stereocenters. The van der Waals surface area contributed by atoms with Gasteiger partial charge in [0.25, 0.3) is 5.56 Å². The quantitative estimate of drug-likeness (QED) is 0.849. The van der Waals surface area contributed by atoms with Crippen molar-refractivity contribution in [1.29, 1.82) is 5.26 Å². The van der Waals surface area contributed by atoms with Gasteiger partial charge < -0.3 is 9.38 Å². The largest absolute Gasteiger partial charge is 0.326 e. The summed E-state index contributed by atoms with van der Waals surface area (Å²) >= 11 is 0. The van der Waals surface area contributed by atoms with Crippen molar-refractivity contribution in [2.24, 2.45) is 0 Å². The molecule has 0 aliphatic rings. The molecule has 0 fully saturated rings. The molecule has 0 bridgehead atoms. The van der Waals surface area contributed by atoms with Crippen LogP contribution in [0.5, 0.6) is 0 Å². The molecule has 109 valence electrons. The molecule has 1 N–H and O–H groups in total. The third-order valence-corrected chi connectivity index (χ3v) is 2.02. The van der Waals surface area contributed by atoms with E-state index in [4.69, 9.17) is 5.26 Å². The van der Waals surface area contributed by atoms with E-state index in [1.165, 1.54) is 6.92 Å². The van der Waals surface area contributed by atoms with E-state index >= 15 is 0 Å². The first-order chi connectivity index (χ1) is 9.24. The second-order valence-corrected chi connectivity index (χ2v) is 2.95. The van der Waals surface area contributed by atoms with Crippen molar-refractivity contribution >= 4 is 5.52 Å². The van der Waals surface area contributed by atoms with Gasteiger partial charge in [0.2, 0.25) is 0 Å². The maximum atomic E-state index is 11.2. The predicted molar refractivity (Wildman–Crippen MR) is 81.4 cm³/mol. The second-order valence-electron chi connectivity index (χ2n) is 2.95. The normalized spacial score (nSPS) is 7.45.